The second kappa shape index (κ2) is 14.4. The maximum absolute atomic E-state index is 13.8. The van der Waals surface area contributed by atoms with Gasteiger partial charge in [0.1, 0.15) is 30.0 Å². The summed E-state index contributed by atoms with van der Waals surface area (Å²) in [5.41, 5.74) is -0.559. The number of ether oxygens (including phenoxy) is 2. The molecule has 1 aromatic carbocycles. The fourth-order valence-electron chi connectivity index (χ4n) is 3.59. The first-order valence-corrected chi connectivity index (χ1v) is 12.3. The molecular weight excluding hydrogens is 482 g/mol. The summed E-state index contributed by atoms with van der Waals surface area (Å²) in [6.45, 7) is 9.59. The van der Waals surface area contributed by atoms with Gasteiger partial charge in [0.15, 0.2) is 0 Å². The summed E-state index contributed by atoms with van der Waals surface area (Å²) in [5, 5.41) is 25.0. The van der Waals surface area contributed by atoms with E-state index in [1.54, 1.807) is 33.8 Å². The minimum Gasteiger partial charge on any atom is -0.508 e. The molecule has 1 aromatic rings. The third-order valence-electron chi connectivity index (χ3n) is 5.41. The van der Waals surface area contributed by atoms with Crippen molar-refractivity contribution in [2.24, 2.45) is 5.92 Å². The number of rotatable bonds is 12. The Morgan fingerprint density at radius 3 is 2.24 bits per heavy atom. The van der Waals surface area contributed by atoms with Crippen molar-refractivity contribution < 1.29 is 38.9 Å². The average molecular weight is 524 g/mol. The highest BCUT2D eigenvalue weighted by atomic mass is 16.6. The Balaban J connectivity index is 3.51. The van der Waals surface area contributed by atoms with Gasteiger partial charge in [0, 0.05) is 6.04 Å². The first-order chi connectivity index (χ1) is 17.2. The van der Waals surface area contributed by atoms with Crippen LogP contribution in [0.1, 0.15) is 66.0 Å². The molecule has 0 aliphatic heterocycles. The number of aliphatic hydroxyl groups excluding tert-OH is 1. The summed E-state index contributed by atoms with van der Waals surface area (Å²) in [6, 6.07) is 2.61. The lowest BCUT2D eigenvalue weighted by atomic mass is 9.97. The number of nitrogens with one attached hydrogen (secondary N) is 2. The van der Waals surface area contributed by atoms with Crippen molar-refractivity contribution in [2.45, 2.75) is 78.1 Å². The maximum Gasteiger partial charge on any atom is 0.408 e. The SMILES string of the molecule is COC(=O)CNC(=O)C(c1cccc(O)c1)N(C(=O)C(CO)NC(=O)OC(C)(C)C)C(C)CCC(C)C. The Kier molecular flexibility index (Phi) is 12.3. The number of nitrogens with zero attached hydrogens (tertiary/aromatic N) is 1. The largest absolute Gasteiger partial charge is 0.508 e. The van der Waals surface area contributed by atoms with E-state index in [4.69, 9.17) is 4.74 Å². The molecule has 3 unspecified atom stereocenters. The highest BCUT2D eigenvalue weighted by Crippen LogP contribution is 2.29. The number of carbonyl (C=O) groups excluding carboxylic acids is 4. The van der Waals surface area contributed by atoms with Crippen molar-refractivity contribution in [1.29, 1.82) is 0 Å². The van der Waals surface area contributed by atoms with Crippen LogP contribution in [0.4, 0.5) is 4.79 Å². The highest BCUT2D eigenvalue weighted by Gasteiger charge is 2.39. The molecule has 0 aliphatic rings. The maximum atomic E-state index is 13.8. The van der Waals surface area contributed by atoms with E-state index in [1.165, 1.54) is 30.2 Å². The molecule has 4 N–H and O–H groups in total. The number of alkyl carbamates (subject to hydrolysis) is 1. The predicted octanol–water partition coefficient (Wildman–Crippen LogP) is 2.26. The summed E-state index contributed by atoms with van der Waals surface area (Å²) in [7, 11) is 1.18. The lowest BCUT2D eigenvalue weighted by Crippen LogP contribution is -2.57. The average Bonchev–Trinajstić information content (AvgIpc) is 2.80. The number of methoxy groups -OCH3 is 1. The van der Waals surface area contributed by atoms with Gasteiger partial charge in [0.25, 0.3) is 0 Å². The van der Waals surface area contributed by atoms with E-state index in [1.807, 2.05) is 13.8 Å². The zero-order chi connectivity index (χ0) is 28.3. The molecule has 0 saturated heterocycles. The Labute approximate surface area is 218 Å². The fourth-order valence-corrected chi connectivity index (χ4v) is 3.59. The van der Waals surface area contributed by atoms with Crippen LogP contribution in [0.15, 0.2) is 24.3 Å². The summed E-state index contributed by atoms with van der Waals surface area (Å²) < 4.78 is 9.83. The molecule has 3 amide bonds. The van der Waals surface area contributed by atoms with E-state index >= 15 is 0 Å². The molecule has 37 heavy (non-hydrogen) atoms. The van der Waals surface area contributed by atoms with Gasteiger partial charge in [-0.2, -0.15) is 0 Å². The van der Waals surface area contributed by atoms with Crippen molar-refractivity contribution >= 4 is 23.9 Å². The van der Waals surface area contributed by atoms with Crippen molar-refractivity contribution in [3.05, 3.63) is 29.8 Å². The zero-order valence-corrected chi connectivity index (χ0v) is 22.7. The smallest absolute Gasteiger partial charge is 0.408 e. The minimum atomic E-state index is -1.41. The number of hydrogen-bond acceptors (Lipinski definition) is 8. The third-order valence-corrected chi connectivity index (χ3v) is 5.41. The van der Waals surface area contributed by atoms with Crippen LogP contribution in [0.2, 0.25) is 0 Å². The van der Waals surface area contributed by atoms with Crippen LogP contribution in [0.5, 0.6) is 5.75 Å². The number of aliphatic hydroxyl groups is 1. The molecule has 0 fully saturated rings. The molecule has 0 heterocycles. The third kappa shape index (κ3) is 10.7. The zero-order valence-electron chi connectivity index (χ0n) is 22.7. The van der Waals surface area contributed by atoms with Crippen LogP contribution < -0.4 is 10.6 Å². The summed E-state index contributed by atoms with van der Waals surface area (Å²) >= 11 is 0. The second-order valence-electron chi connectivity index (χ2n) is 10.2. The highest BCUT2D eigenvalue weighted by molar-refractivity contribution is 5.93. The molecular formula is C26H41N3O8. The van der Waals surface area contributed by atoms with E-state index in [0.717, 1.165) is 6.42 Å². The molecule has 208 valence electrons. The lowest BCUT2D eigenvalue weighted by molar-refractivity contribution is -0.147. The van der Waals surface area contributed by atoms with Crippen LogP contribution in [0.3, 0.4) is 0 Å². The number of phenolic OH excluding ortho intramolecular Hbond substituents is 1. The number of benzene rings is 1. The van der Waals surface area contributed by atoms with Gasteiger partial charge in [-0.05, 0) is 64.2 Å². The molecule has 0 radical (unpaired) electrons. The second-order valence-corrected chi connectivity index (χ2v) is 10.2. The Hall–Kier alpha value is -3.34. The van der Waals surface area contributed by atoms with Gasteiger partial charge in [-0.3, -0.25) is 14.4 Å². The molecule has 3 atom stereocenters. The number of amides is 3. The standard InChI is InChI=1S/C26H41N3O8/c1-16(2)11-12-17(3)29(24(34)20(15-30)28-25(35)37-26(4,5)6)22(18-9-8-10-19(31)13-18)23(33)27-14-21(32)36-7/h8-10,13,16-17,20,22,30-31H,11-12,14-15H2,1-7H3,(H,27,33)(H,28,35). The van der Waals surface area contributed by atoms with Gasteiger partial charge < -0.3 is 35.2 Å². The van der Waals surface area contributed by atoms with Crippen LogP contribution in [-0.4, -0.2) is 76.9 Å². The Bertz CT molecular complexity index is 929. The van der Waals surface area contributed by atoms with E-state index in [0.29, 0.717) is 12.3 Å². The van der Waals surface area contributed by atoms with E-state index in [-0.39, 0.29) is 11.3 Å². The normalized spacial score (nSPS) is 13.8. The van der Waals surface area contributed by atoms with Crippen LogP contribution in [-0.2, 0) is 23.9 Å². The number of aromatic hydroxyl groups is 1. The molecule has 1 rings (SSSR count). The summed E-state index contributed by atoms with van der Waals surface area (Å²) in [5.74, 6) is -1.94. The van der Waals surface area contributed by atoms with Gasteiger partial charge in [0.05, 0.1) is 13.7 Å². The molecule has 0 saturated carbocycles. The van der Waals surface area contributed by atoms with Crippen molar-refractivity contribution in [2.75, 3.05) is 20.3 Å². The van der Waals surface area contributed by atoms with Crippen LogP contribution in [0.25, 0.3) is 0 Å². The lowest BCUT2D eigenvalue weighted by Gasteiger charge is -2.38. The molecule has 0 aliphatic carbocycles. The van der Waals surface area contributed by atoms with Crippen molar-refractivity contribution in [3.8, 4) is 5.75 Å². The topological polar surface area (TPSA) is 154 Å². The number of hydrogen-bond donors (Lipinski definition) is 4. The predicted molar refractivity (Wildman–Crippen MR) is 136 cm³/mol. The molecule has 0 aromatic heterocycles. The number of phenols is 1. The Morgan fingerprint density at radius 2 is 1.73 bits per heavy atom. The molecule has 11 nitrogen and oxygen atoms in total. The molecule has 11 heteroatoms. The van der Waals surface area contributed by atoms with Crippen LogP contribution in [0, 0.1) is 5.92 Å². The summed E-state index contributed by atoms with van der Waals surface area (Å²) in [6.07, 6.45) is 0.331. The monoisotopic (exact) mass is 523 g/mol. The fraction of sp³-hybridized carbons (Fsp3) is 0.615. The van der Waals surface area contributed by atoms with Crippen LogP contribution >= 0.6 is 0 Å². The van der Waals surface area contributed by atoms with Crippen molar-refractivity contribution in [3.63, 3.8) is 0 Å². The van der Waals surface area contributed by atoms with Gasteiger partial charge in [-0.1, -0.05) is 26.0 Å². The van der Waals surface area contributed by atoms with Gasteiger partial charge in [-0.25, -0.2) is 4.79 Å². The first-order valence-electron chi connectivity index (χ1n) is 12.3. The van der Waals surface area contributed by atoms with E-state index in [2.05, 4.69) is 15.4 Å². The number of esters is 1. The van der Waals surface area contributed by atoms with Crippen molar-refractivity contribution in [1.82, 2.24) is 15.5 Å². The molecule has 0 spiro atoms. The van der Waals surface area contributed by atoms with E-state index in [9.17, 15) is 29.4 Å². The quantitative estimate of drug-likeness (QED) is 0.304. The van der Waals surface area contributed by atoms with Gasteiger partial charge in [-0.15, -0.1) is 0 Å². The first kappa shape index (κ1) is 31.7. The van der Waals surface area contributed by atoms with Gasteiger partial charge in [0.2, 0.25) is 11.8 Å². The number of carbonyl (C=O) groups is 4. The minimum absolute atomic E-state index is 0.129. The van der Waals surface area contributed by atoms with Gasteiger partial charge >= 0.3 is 12.1 Å². The summed E-state index contributed by atoms with van der Waals surface area (Å²) in [4.78, 5) is 52.6. The Morgan fingerprint density at radius 1 is 1.08 bits per heavy atom. The molecule has 0 bridgehead atoms. The van der Waals surface area contributed by atoms with E-state index < -0.39 is 60.8 Å².